The van der Waals surface area contributed by atoms with Crippen LogP contribution in [0, 0.1) is 0 Å². The molecule has 10 rings (SSSR count). The maximum Gasteiger partial charge on any atom is 0.0543 e. The summed E-state index contributed by atoms with van der Waals surface area (Å²) in [5.74, 6) is 0. The molecule has 0 amide bonds. The van der Waals surface area contributed by atoms with Crippen LogP contribution in [0.25, 0.3) is 44.5 Å². The van der Waals surface area contributed by atoms with E-state index in [1.807, 2.05) is 0 Å². The molecule has 0 bridgehead atoms. The minimum atomic E-state index is -0.160. The van der Waals surface area contributed by atoms with Crippen molar-refractivity contribution in [3.05, 3.63) is 185 Å². The lowest BCUT2D eigenvalue weighted by molar-refractivity contribution is 0.333. The highest BCUT2D eigenvalue weighted by Crippen LogP contribution is 2.59. The van der Waals surface area contributed by atoms with E-state index < -0.39 is 0 Å². The van der Waals surface area contributed by atoms with Crippen LogP contribution in [0.1, 0.15) is 102 Å². The summed E-state index contributed by atoms with van der Waals surface area (Å²) in [6.07, 6.45) is 2.34. The molecule has 0 aromatic heterocycles. The van der Waals surface area contributed by atoms with Gasteiger partial charge in [0.1, 0.15) is 0 Å². The zero-order chi connectivity index (χ0) is 39.5. The van der Waals surface area contributed by atoms with Crippen LogP contribution in [0.5, 0.6) is 0 Å². The molecule has 57 heavy (non-hydrogen) atoms. The van der Waals surface area contributed by atoms with Crippen molar-refractivity contribution in [3.63, 3.8) is 0 Å². The van der Waals surface area contributed by atoms with Gasteiger partial charge in [-0.25, -0.2) is 0 Å². The van der Waals surface area contributed by atoms with Gasteiger partial charge in [-0.3, -0.25) is 0 Å². The third kappa shape index (κ3) is 5.27. The first-order chi connectivity index (χ1) is 27.3. The van der Waals surface area contributed by atoms with Crippen molar-refractivity contribution < 1.29 is 0 Å². The average molecular weight is 740 g/mol. The zero-order valence-corrected chi connectivity index (χ0v) is 34.8. The molecule has 3 aliphatic carbocycles. The minimum absolute atomic E-state index is 0.0219. The van der Waals surface area contributed by atoms with E-state index in [1.165, 1.54) is 95.7 Å². The molecule has 0 spiro atoms. The second kappa shape index (κ2) is 12.4. The fourth-order valence-corrected chi connectivity index (χ4v) is 10.9. The van der Waals surface area contributed by atoms with Crippen molar-refractivity contribution in [2.45, 2.75) is 89.9 Å². The van der Waals surface area contributed by atoms with Crippen molar-refractivity contribution in [2.75, 3.05) is 4.90 Å². The fourth-order valence-electron chi connectivity index (χ4n) is 10.9. The highest BCUT2D eigenvalue weighted by atomic mass is 15.1. The molecule has 0 heterocycles. The Morgan fingerprint density at radius 2 is 0.912 bits per heavy atom. The number of fused-ring (bicyclic) bond motifs is 7. The van der Waals surface area contributed by atoms with Crippen LogP contribution in [0.15, 0.2) is 152 Å². The molecule has 0 N–H and O–H groups in total. The van der Waals surface area contributed by atoms with E-state index in [0.29, 0.717) is 0 Å². The van der Waals surface area contributed by atoms with Gasteiger partial charge in [-0.1, -0.05) is 177 Å². The van der Waals surface area contributed by atoms with Crippen molar-refractivity contribution in [1.29, 1.82) is 0 Å². The topological polar surface area (TPSA) is 3.24 Å². The summed E-state index contributed by atoms with van der Waals surface area (Å²) in [5.41, 5.74) is 22.4. The molecule has 0 unspecified atom stereocenters. The van der Waals surface area contributed by atoms with Crippen LogP contribution >= 0.6 is 0 Å². The van der Waals surface area contributed by atoms with E-state index in [4.69, 9.17) is 0 Å². The predicted molar refractivity (Wildman–Crippen MR) is 242 cm³/mol. The molecule has 1 heteroatoms. The molecule has 3 aliphatic rings. The van der Waals surface area contributed by atoms with Gasteiger partial charge < -0.3 is 4.90 Å². The van der Waals surface area contributed by atoms with Crippen molar-refractivity contribution in [3.8, 4) is 44.5 Å². The number of rotatable bonds is 5. The lowest BCUT2D eigenvalue weighted by Gasteiger charge is -2.43. The number of benzene rings is 7. The molecule has 0 radical (unpaired) electrons. The van der Waals surface area contributed by atoms with Gasteiger partial charge in [-0.15, -0.1) is 0 Å². The third-order valence-corrected chi connectivity index (χ3v) is 14.1. The Morgan fingerprint density at radius 1 is 0.368 bits per heavy atom. The summed E-state index contributed by atoms with van der Waals surface area (Å²) in [4.78, 5) is 2.61. The van der Waals surface area contributed by atoms with Gasteiger partial charge in [0.15, 0.2) is 0 Å². The lowest BCUT2D eigenvalue weighted by Crippen LogP contribution is -2.34. The Morgan fingerprint density at radius 3 is 1.65 bits per heavy atom. The number of hydrogen-bond donors (Lipinski definition) is 0. The maximum atomic E-state index is 2.61. The van der Waals surface area contributed by atoms with Crippen LogP contribution in [0.2, 0.25) is 0 Å². The van der Waals surface area contributed by atoms with Crippen molar-refractivity contribution >= 4 is 17.1 Å². The Balaban J connectivity index is 1.32. The van der Waals surface area contributed by atoms with Gasteiger partial charge in [0.2, 0.25) is 0 Å². The summed E-state index contributed by atoms with van der Waals surface area (Å²) in [7, 11) is 0. The van der Waals surface area contributed by atoms with Crippen molar-refractivity contribution in [2.24, 2.45) is 0 Å². The second-order valence-corrected chi connectivity index (χ2v) is 19.2. The Hall–Kier alpha value is -5.66. The summed E-state index contributed by atoms with van der Waals surface area (Å²) >= 11 is 0. The highest BCUT2D eigenvalue weighted by molar-refractivity contribution is 6.00. The van der Waals surface area contributed by atoms with Gasteiger partial charge >= 0.3 is 0 Å². The van der Waals surface area contributed by atoms with Crippen molar-refractivity contribution in [1.82, 2.24) is 0 Å². The fraction of sp³-hybridized carbons (Fsp3) is 0.250. The normalized spacial score (nSPS) is 17.2. The van der Waals surface area contributed by atoms with Crippen LogP contribution in [0.3, 0.4) is 0 Å². The smallest absolute Gasteiger partial charge is 0.0543 e. The highest BCUT2D eigenvalue weighted by Gasteiger charge is 2.42. The van der Waals surface area contributed by atoms with E-state index in [1.54, 1.807) is 0 Å². The second-order valence-electron chi connectivity index (χ2n) is 19.2. The van der Waals surface area contributed by atoms with E-state index in [-0.39, 0.29) is 21.7 Å². The molecular formula is C56H53N. The molecule has 0 fully saturated rings. The van der Waals surface area contributed by atoms with Gasteiger partial charge in [0.05, 0.1) is 11.4 Å². The molecule has 282 valence electrons. The molecule has 0 aliphatic heterocycles. The zero-order valence-electron chi connectivity index (χ0n) is 34.8. The summed E-state index contributed by atoms with van der Waals surface area (Å²) < 4.78 is 0. The Labute approximate surface area is 340 Å². The monoisotopic (exact) mass is 739 g/mol. The number of hydrogen-bond acceptors (Lipinski definition) is 1. The Bertz CT molecular complexity index is 2720. The molecule has 1 nitrogen and oxygen atoms in total. The number of nitrogens with zero attached hydrogens (tertiary/aromatic N) is 1. The molecular weight excluding hydrogens is 687 g/mol. The quantitative estimate of drug-likeness (QED) is 0.170. The maximum absolute atomic E-state index is 2.61. The third-order valence-electron chi connectivity index (χ3n) is 14.1. The SMILES string of the molecule is CC1(C)CCC(C)(C)c2c(-c3cc4c(cc3N(c3ccc(-c5ccccc5)cc3)c3cccc5c3-c3ccccc3C5(C)C)C(C)(C)c3ccccc3-4)cccc21. The Kier molecular flexibility index (Phi) is 7.79. The average Bonchev–Trinajstić information content (AvgIpc) is 3.59. The standard InChI is InChI=1S/C56H53N/c1-53(2)32-33-54(3,4)52-40(22-16-26-47(52)53)43-34-42-39-20-12-14-23-44(39)56(7,8)48(42)35-50(43)57(38-30-28-37(29-31-38)36-18-10-9-11-19-36)49-27-17-25-46-51(49)41-21-13-15-24-45(41)55(46,5)6/h9-31,34-35H,32-33H2,1-8H3. The first-order valence-corrected chi connectivity index (χ1v) is 20.9. The first-order valence-electron chi connectivity index (χ1n) is 20.9. The minimum Gasteiger partial charge on any atom is -0.309 e. The van der Waals surface area contributed by atoms with E-state index in [0.717, 1.165) is 12.1 Å². The van der Waals surface area contributed by atoms with E-state index >= 15 is 0 Å². The summed E-state index contributed by atoms with van der Waals surface area (Å²) in [5, 5.41) is 0. The molecule has 7 aromatic rings. The van der Waals surface area contributed by atoms with Gasteiger partial charge in [-0.2, -0.15) is 0 Å². The van der Waals surface area contributed by atoms with Gasteiger partial charge in [0.25, 0.3) is 0 Å². The van der Waals surface area contributed by atoms with Crippen LogP contribution in [-0.4, -0.2) is 0 Å². The molecule has 0 saturated carbocycles. The number of anilines is 3. The lowest BCUT2D eigenvalue weighted by atomic mass is 9.61. The van der Waals surface area contributed by atoms with Crippen LogP contribution < -0.4 is 4.90 Å². The molecule has 0 saturated heterocycles. The van der Waals surface area contributed by atoms with Crippen LogP contribution in [0.4, 0.5) is 17.1 Å². The summed E-state index contributed by atoms with van der Waals surface area (Å²) in [6, 6.07) is 57.5. The summed E-state index contributed by atoms with van der Waals surface area (Å²) in [6.45, 7) is 19.4. The van der Waals surface area contributed by atoms with Gasteiger partial charge in [-0.05, 0) is 121 Å². The van der Waals surface area contributed by atoms with E-state index in [9.17, 15) is 0 Å². The largest absolute Gasteiger partial charge is 0.309 e. The van der Waals surface area contributed by atoms with E-state index in [2.05, 4.69) is 212 Å². The first kappa shape index (κ1) is 35.7. The van der Waals surface area contributed by atoms with Gasteiger partial charge in [0, 0.05) is 27.6 Å². The molecule has 0 atom stereocenters. The molecule has 7 aromatic carbocycles. The van der Waals surface area contributed by atoms with Crippen LogP contribution in [-0.2, 0) is 21.7 Å². The predicted octanol–water partition coefficient (Wildman–Crippen LogP) is 15.5.